The van der Waals surface area contributed by atoms with Crippen LogP contribution in [0.3, 0.4) is 0 Å². The van der Waals surface area contributed by atoms with Gasteiger partial charge in [0, 0.05) is 5.54 Å². The summed E-state index contributed by atoms with van der Waals surface area (Å²) in [6.07, 6.45) is -1.68. The van der Waals surface area contributed by atoms with Crippen LogP contribution in [0.2, 0.25) is 0 Å². The van der Waals surface area contributed by atoms with Crippen LogP contribution in [-0.2, 0) is 4.74 Å². The molecule has 0 amide bonds. The lowest BCUT2D eigenvalue weighted by Gasteiger charge is -2.21. The minimum atomic E-state index is -2.40. The van der Waals surface area contributed by atoms with Gasteiger partial charge in [0.05, 0.1) is 6.61 Å². The van der Waals surface area contributed by atoms with E-state index in [0.29, 0.717) is 0 Å². The zero-order chi connectivity index (χ0) is 8.91. The first kappa shape index (κ1) is 10.8. The van der Waals surface area contributed by atoms with Crippen molar-refractivity contribution in [2.75, 3.05) is 13.2 Å². The molecule has 0 aliphatic carbocycles. The van der Waals surface area contributed by atoms with Crippen LogP contribution in [0.25, 0.3) is 0 Å². The summed E-state index contributed by atoms with van der Waals surface area (Å²) in [6.45, 7) is 3.34. The largest absolute Gasteiger partial charge is 0.374 e. The summed E-state index contributed by atoms with van der Waals surface area (Å²) in [7, 11) is 0. The van der Waals surface area contributed by atoms with E-state index in [-0.39, 0.29) is 6.61 Å². The van der Waals surface area contributed by atoms with Crippen LogP contribution in [0.1, 0.15) is 20.3 Å². The highest BCUT2D eigenvalue weighted by Gasteiger charge is 2.16. The molecule has 2 N–H and O–H groups in total. The molecule has 0 spiro atoms. The van der Waals surface area contributed by atoms with Gasteiger partial charge in [-0.05, 0) is 13.3 Å². The molecule has 0 aliphatic heterocycles. The third kappa shape index (κ3) is 6.19. The van der Waals surface area contributed by atoms with Crippen molar-refractivity contribution in [1.29, 1.82) is 0 Å². The monoisotopic (exact) mass is 167 g/mol. The molecule has 1 atom stereocenters. The second-order valence-corrected chi connectivity index (χ2v) is 2.91. The minimum Gasteiger partial charge on any atom is -0.374 e. The summed E-state index contributed by atoms with van der Waals surface area (Å²) in [5.74, 6) is 0. The number of hydrogen-bond acceptors (Lipinski definition) is 2. The molecule has 11 heavy (non-hydrogen) atoms. The van der Waals surface area contributed by atoms with Crippen LogP contribution in [0.4, 0.5) is 8.78 Å². The number of alkyl halides is 2. The second kappa shape index (κ2) is 4.62. The summed E-state index contributed by atoms with van der Waals surface area (Å²) in [5, 5.41) is 0. The third-order valence-corrected chi connectivity index (χ3v) is 1.48. The van der Waals surface area contributed by atoms with Gasteiger partial charge in [0.25, 0.3) is 6.43 Å². The first-order valence-corrected chi connectivity index (χ1v) is 3.62. The Bertz CT molecular complexity index is 107. The van der Waals surface area contributed by atoms with Crippen molar-refractivity contribution in [2.24, 2.45) is 5.73 Å². The Morgan fingerprint density at radius 2 is 2.09 bits per heavy atom. The molecule has 0 aliphatic rings. The van der Waals surface area contributed by atoms with E-state index in [9.17, 15) is 8.78 Å². The molecule has 0 bridgehead atoms. The Labute approximate surface area is 65.7 Å². The van der Waals surface area contributed by atoms with Crippen LogP contribution in [0.5, 0.6) is 0 Å². The molecule has 4 heteroatoms. The fraction of sp³-hybridized carbons (Fsp3) is 1.00. The van der Waals surface area contributed by atoms with Gasteiger partial charge in [0.2, 0.25) is 0 Å². The molecule has 2 nitrogen and oxygen atoms in total. The Morgan fingerprint density at radius 3 is 2.45 bits per heavy atom. The lowest BCUT2D eigenvalue weighted by Crippen LogP contribution is -2.40. The van der Waals surface area contributed by atoms with E-state index < -0.39 is 18.6 Å². The molecule has 0 radical (unpaired) electrons. The average molecular weight is 167 g/mol. The Kier molecular flexibility index (Phi) is 4.52. The van der Waals surface area contributed by atoms with E-state index in [1.54, 1.807) is 6.92 Å². The zero-order valence-corrected chi connectivity index (χ0v) is 6.94. The Hall–Kier alpha value is -0.220. The van der Waals surface area contributed by atoms with E-state index in [0.717, 1.165) is 6.42 Å². The number of nitrogens with two attached hydrogens (primary N) is 1. The molecule has 0 aromatic heterocycles. The van der Waals surface area contributed by atoms with Crippen LogP contribution >= 0.6 is 0 Å². The first-order chi connectivity index (χ1) is 4.98. The van der Waals surface area contributed by atoms with Crippen molar-refractivity contribution >= 4 is 0 Å². The minimum absolute atomic E-state index is 0.188. The van der Waals surface area contributed by atoms with Gasteiger partial charge in [-0.3, -0.25) is 0 Å². The summed E-state index contributed by atoms with van der Waals surface area (Å²) in [4.78, 5) is 0. The lowest BCUT2D eigenvalue weighted by molar-refractivity contribution is 0.000389. The highest BCUT2D eigenvalue weighted by Crippen LogP contribution is 2.05. The number of rotatable bonds is 5. The molecular weight excluding hydrogens is 152 g/mol. The Balaban J connectivity index is 3.38. The zero-order valence-electron chi connectivity index (χ0n) is 6.94. The van der Waals surface area contributed by atoms with E-state index in [1.807, 2.05) is 6.92 Å². The summed E-state index contributed by atoms with van der Waals surface area (Å²) in [6, 6.07) is 0. The SMILES string of the molecule is CCC(C)(N)COCC(F)F. The van der Waals surface area contributed by atoms with Gasteiger partial charge in [-0.2, -0.15) is 0 Å². The molecule has 1 unspecified atom stereocenters. The molecule has 0 saturated carbocycles. The number of halogens is 2. The molecule has 0 aromatic carbocycles. The van der Waals surface area contributed by atoms with Crippen molar-refractivity contribution in [3.63, 3.8) is 0 Å². The van der Waals surface area contributed by atoms with E-state index >= 15 is 0 Å². The standard InChI is InChI=1S/C7H15F2NO/c1-3-7(2,10)5-11-4-6(8)9/h6H,3-5,10H2,1-2H3. The molecule has 0 heterocycles. The predicted molar refractivity (Wildman–Crippen MR) is 39.7 cm³/mol. The highest BCUT2D eigenvalue weighted by molar-refractivity contribution is 4.75. The normalized spacial score (nSPS) is 16.9. The molecule has 0 fully saturated rings. The van der Waals surface area contributed by atoms with Gasteiger partial charge >= 0.3 is 0 Å². The lowest BCUT2D eigenvalue weighted by atomic mass is 10.0. The summed E-state index contributed by atoms with van der Waals surface area (Å²) < 4.78 is 27.8. The van der Waals surface area contributed by atoms with Crippen LogP contribution in [0, 0.1) is 0 Å². The topological polar surface area (TPSA) is 35.2 Å². The second-order valence-electron chi connectivity index (χ2n) is 2.91. The first-order valence-electron chi connectivity index (χ1n) is 3.62. The van der Waals surface area contributed by atoms with E-state index in [1.165, 1.54) is 0 Å². The van der Waals surface area contributed by atoms with Crippen LogP contribution in [0.15, 0.2) is 0 Å². The smallest absolute Gasteiger partial charge is 0.261 e. The van der Waals surface area contributed by atoms with Gasteiger partial charge in [-0.25, -0.2) is 8.78 Å². The molecular formula is C7H15F2NO. The summed E-state index contributed by atoms with van der Waals surface area (Å²) >= 11 is 0. The molecule has 0 saturated heterocycles. The Morgan fingerprint density at radius 1 is 1.55 bits per heavy atom. The van der Waals surface area contributed by atoms with Crippen molar-refractivity contribution in [3.05, 3.63) is 0 Å². The van der Waals surface area contributed by atoms with Gasteiger partial charge in [0.1, 0.15) is 6.61 Å². The summed E-state index contributed by atoms with van der Waals surface area (Å²) in [5.41, 5.74) is 5.16. The molecule has 0 rings (SSSR count). The van der Waals surface area contributed by atoms with Crippen LogP contribution in [-0.4, -0.2) is 25.2 Å². The van der Waals surface area contributed by atoms with Gasteiger partial charge in [0.15, 0.2) is 0 Å². The fourth-order valence-corrected chi connectivity index (χ4v) is 0.483. The number of hydrogen-bond donors (Lipinski definition) is 1. The highest BCUT2D eigenvalue weighted by atomic mass is 19.3. The molecule has 68 valence electrons. The van der Waals surface area contributed by atoms with E-state index in [4.69, 9.17) is 5.73 Å². The van der Waals surface area contributed by atoms with Crippen LogP contribution < -0.4 is 5.73 Å². The molecule has 0 aromatic rings. The van der Waals surface area contributed by atoms with Crippen molar-refractivity contribution in [3.8, 4) is 0 Å². The maximum atomic E-state index is 11.5. The van der Waals surface area contributed by atoms with Gasteiger partial charge < -0.3 is 10.5 Å². The third-order valence-electron chi connectivity index (χ3n) is 1.48. The predicted octanol–water partition coefficient (Wildman–Crippen LogP) is 1.40. The average Bonchev–Trinajstić information content (AvgIpc) is 1.87. The maximum absolute atomic E-state index is 11.5. The number of ether oxygens (including phenoxy) is 1. The van der Waals surface area contributed by atoms with Crippen molar-refractivity contribution in [1.82, 2.24) is 0 Å². The van der Waals surface area contributed by atoms with Crippen molar-refractivity contribution < 1.29 is 13.5 Å². The van der Waals surface area contributed by atoms with Gasteiger partial charge in [-0.15, -0.1) is 0 Å². The quantitative estimate of drug-likeness (QED) is 0.671. The van der Waals surface area contributed by atoms with E-state index in [2.05, 4.69) is 4.74 Å². The van der Waals surface area contributed by atoms with Crippen molar-refractivity contribution in [2.45, 2.75) is 32.2 Å². The maximum Gasteiger partial charge on any atom is 0.261 e. The fourth-order valence-electron chi connectivity index (χ4n) is 0.483. The van der Waals surface area contributed by atoms with Gasteiger partial charge in [-0.1, -0.05) is 6.92 Å².